The zero-order valence-electron chi connectivity index (χ0n) is 15.7. The van der Waals surface area contributed by atoms with Gasteiger partial charge in [0.15, 0.2) is 6.04 Å². The van der Waals surface area contributed by atoms with E-state index in [1.54, 1.807) is 0 Å². The van der Waals surface area contributed by atoms with Gasteiger partial charge in [-0.3, -0.25) is 0 Å². The molecule has 0 saturated carbocycles. The average Bonchev–Trinajstić information content (AvgIpc) is 3.09. The minimum absolute atomic E-state index is 0.0360. The van der Waals surface area contributed by atoms with Crippen LogP contribution in [0, 0.1) is 11.7 Å². The zero-order valence-corrected chi connectivity index (χ0v) is 15.7. The minimum atomic E-state index is -0.210. The first kappa shape index (κ1) is 18.0. The van der Waals surface area contributed by atoms with Crippen molar-refractivity contribution in [2.24, 2.45) is 5.92 Å². The van der Waals surface area contributed by atoms with Crippen LogP contribution in [0.25, 0.3) is 0 Å². The highest BCUT2D eigenvalue weighted by atomic mass is 19.1. The Bertz CT molecular complexity index is 686. The summed E-state index contributed by atoms with van der Waals surface area (Å²) in [6.07, 6.45) is 3.34. The van der Waals surface area contributed by atoms with Gasteiger partial charge in [-0.1, -0.05) is 13.8 Å². The normalized spacial score (nSPS) is 22.8. The Balaban J connectivity index is 2.03. The number of aromatic nitrogens is 4. The van der Waals surface area contributed by atoms with E-state index in [4.69, 9.17) is 0 Å². The van der Waals surface area contributed by atoms with Crippen LogP contribution in [0.1, 0.15) is 64.4 Å². The van der Waals surface area contributed by atoms with Crippen molar-refractivity contribution in [1.29, 1.82) is 0 Å². The standard InChI is InChI=1S/C19H28FN5/c1-5-19(3,4)25-18(21-22-23-25)17(15-6-8-16(20)9-7-15)24-12-10-14(2)11-13-24/h6-9,14,17H,5,10-13H2,1-4H3/p+1/t17-/m1/s1. The van der Waals surface area contributed by atoms with Crippen molar-refractivity contribution in [3.63, 3.8) is 0 Å². The molecule has 1 N–H and O–H groups in total. The summed E-state index contributed by atoms with van der Waals surface area (Å²) in [4.78, 5) is 1.47. The topological polar surface area (TPSA) is 48.0 Å². The van der Waals surface area contributed by atoms with E-state index < -0.39 is 0 Å². The predicted octanol–water partition coefficient (Wildman–Crippen LogP) is 2.36. The van der Waals surface area contributed by atoms with Gasteiger partial charge in [0.25, 0.3) is 0 Å². The highest BCUT2D eigenvalue weighted by Crippen LogP contribution is 2.25. The number of likely N-dealkylation sites (tertiary alicyclic amines) is 1. The van der Waals surface area contributed by atoms with E-state index in [0.29, 0.717) is 0 Å². The number of quaternary nitrogens is 1. The molecule has 0 aliphatic carbocycles. The van der Waals surface area contributed by atoms with Gasteiger partial charge in [0.2, 0.25) is 5.82 Å². The Morgan fingerprint density at radius 2 is 1.88 bits per heavy atom. The summed E-state index contributed by atoms with van der Waals surface area (Å²) in [5, 5.41) is 12.7. The van der Waals surface area contributed by atoms with E-state index >= 15 is 0 Å². The van der Waals surface area contributed by atoms with Crippen molar-refractivity contribution in [3.8, 4) is 0 Å². The largest absolute Gasteiger partial charge is 0.322 e. The molecule has 136 valence electrons. The number of benzene rings is 1. The van der Waals surface area contributed by atoms with Gasteiger partial charge in [0.1, 0.15) is 5.82 Å². The van der Waals surface area contributed by atoms with Gasteiger partial charge in [0.05, 0.1) is 18.6 Å². The maximum Gasteiger partial charge on any atom is 0.214 e. The first-order valence-electron chi connectivity index (χ1n) is 9.31. The van der Waals surface area contributed by atoms with Crippen LogP contribution < -0.4 is 4.90 Å². The molecule has 1 aromatic heterocycles. The number of piperidine rings is 1. The van der Waals surface area contributed by atoms with Gasteiger partial charge in [-0.05, 0) is 73.7 Å². The molecule has 1 saturated heterocycles. The number of hydrogen-bond acceptors (Lipinski definition) is 3. The van der Waals surface area contributed by atoms with Crippen LogP contribution in [0.5, 0.6) is 0 Å². The number of nitrogens with one attached hydrogen (secondary N) is 1. The van der Waals surface area contributed by atoms with Crippen molar-refractivity contribution in [3.05, 3.63) is 41.5 Å². The third-order valence-electron chi connectivity index (χ3n) is 5.72. The van der Waals surface area contributed by atoms with Gasteiger partial charge in [-0.15, -0.1) is 5.10 Å². The molecule has 3 rings (SSSR count). The lowest BCUT2D eigenvalue weighted by molar-refractivity contribution is -0.932. The van der Waals surface area contributed by atoms with Crippen LogP contribution in [-0.2, 0) is 5.54 Å². The predicted molar refractivity (Wildman–Crippen MR) is 94.8 cm³/mol. The maximum absolute atomic E-state index is 13.5. The Morgan fingerprint density at radius 1 is 1.24 bits per heavy atom. The first-order chi connectivity index (χ1) is 11.9. The first-order valence-corrected chi connectivity index (χ1v) is 9.31. The SMILES string of the molecule is CCC(C)(C)n1nnnc1[C@@H](c1ccc(F)cc1)[NH+]1CCC(C)CC1. The molecule has 25 heavy (non-hydrogen) atoms. The lowest BCUT2D eigenvalue weighted by Crippen LogP contribution is -3.13. The second-order valence-corrected chi connectivity index (χ2v) is 7.94. The quantitative estimate of drug-likeness (QED) is 0.904. The fourth-order valence-corrected chi connectivity index (χ4v) is 3.60. The second-order valence-electron chi connectivity index (χ2n) is 7.94. The number of nitrogens with zero attached hydrogens (tertiary/aromatic N) is 4. The molecule has 0 radical (unpaired) electrons. The van der Waals surface area contributed by atoms with Gasteiger partial charge < -0.3 is 4.90 Å². The molecule has 2 aromatic rings. The molecule has 1 atom stereocenters. The maximum atomic E-state index is 13.5. The van der Waals surface area contributed by atoms with Crippen LogP contribution in [-0.4, -0.2) is 33.3 Å². The van der Waals surface area contributed by atoms with Crippen LogP contribution in [0.4, 0.5) is 4.39 Å². The average molecular weight is 346 g/mol. The molecule has 1 aliphatic heterocycles. The van der Waals surface area contributed by atoms with Gasteiger partial charge >= 0.3 is 0 Å². The van der Waals surface area contributed by atoms with E-state index in [2.05, 4.69) is 43.2 Å². The summed E-state index contributed by atoms with van der Waals surface area (Å²) in [6, 6.07) is 6.86. The fourth-order valence-electron chi connectivity index (χ4n) is 3.60. The molecule has 1 fully saturated rings. The van der Waals surface area contributed by atoms with Crippen LogP contribution in [0.15, 0.2) is 24.3 Å². The Morgan fingerprint density at radius 3 is 2.48 bits per heavy atom. The van der Waals surface area contributed by atoms with Gasteiger partial charge in [-0.25, -0.2) is 9.07 Å². The lowest BCUT2D eigenvalue weighted by atomic mass is 9.94. The Hall–Kier alpha value is -1.82. The molecule has 2 heterocycles. The van der Waals surface area contributed by atoms with E-state index in [1.807, 2.05) is 16.8 Å². The summed E-state index contributed by atoms with van der Waals surface area (Å²) in [5.74, 6) is 1.43. The number of halogens is 1. The van der Waals surface area contributed by atoms with Gasteiger partial charge in [-0.2, -0.15) is 0 Å². The molecule has 0 bridgehead atoms. The molecular formula is C19H29FN5+. The van der Waals surface area contributed by atoms with Crippen LogP contribution >= 0.6 is 0 Å². The van der Waals surface area contributed by atoms with E-state index in [-0.39, 0.29) is 17.4 Å². The van der Waals surface area contributed by atoms with Gasteiger partial charge in [0, 0.05) is 5.56 Å². The Kier molecular flexibility index (Phi) is 5.18. The summed E-state index contributed by atoms with van der Waals surface area (Å²) >= 11 is 0. The van der Waals surface area contributed by atoms with E-state index in [9.17, 15) is 4.39 Å². The fraction of sp³-hybridized carbons (Fsp3) is 0.632. The third-order valence-corrected chi connectivity index (χ3v) is 5.72. The second kappa shape index (κ2) is 7.20. The van der Waals surface area contributed by atoms with Crippen molar-refractivity contribution in [1.82, 2.24) is 20.2 Å². The molecule has 0 amide bonds. The number of hydrogen-bond donors (Lipinski definition) is 1. The Labute approximate surface area is 149 Å². The van der Waals surface area contributed by atoms with E-state index in [0.717, 1.165) is 36.8 Å². The molecule has 5 nitrogen and oxygen atoms in total. The monoisotopic (exact) mass is 346 g/mol. The summed E-state index contributed by atoms with van der Waals surface area (Å²) < 4.78 is 15.4. The third kappa shape index (κ3) is 3.73. The van der Waals surface area contributed by atoms with Crippen LogP contribution in [0.3, 0.4) is 0 Å². The van der Waals surface area contributed by atoms with Crippen molar-refractivity contribution in [2.75, 3.05) is 13.1 Å². The molecule has 1 aliphatic rings. The zero-order chi connectivity index (χ0) is 18.0. The molecule has 6 heteroatoms. The smallest absolute Gasteiger partial charge is 0.214 e. The van der Waals surface area contributed by atoms with Crippen LogP contribution in [0.2, 0.25) is 0 Å². The summed E-state index contributed by atoms with van der Waals surface area (Å²) in [6.45, 7) is 10.9. The van der Waals surface area contributed by atoms with Crippen molar-refractivity contribution >= 4 is 0 Å². The molecule has 1 aromatic carbocycles. The molecular weight excluding hydrogens is 317 g/mol. The number of tetrazole rings is 1. The lowest BCUT2D eigenvalue weighted by Gasteiger charge is -2.34. The van der Waals surface area contributed by atoms with Crippen molar-refractivity contribution in [2.45, 2.75) is 58.5 Å². The highest BCUT2D eigenvalue weighted by molar-refractivity contribution is 5.23. The number of rotatable bonds is 5. The van der Waals surface area contributed by atoms with Crippen molar-refractivity contribution < 1.29 is 9.29 Å². The summed E-state index contributed by atoms with van der Waals surface area (Å²) in [7, 11) is 0. The molecule has 0 spiro atoms. The van der Waals surface area contributed by atoms with E-state index in [1.165, 1.54) is 29.9 Å². The summed E-state index contributed by atoms with van der Waals surface area (Å²) in [5.41, 5.74) is 0.925. The highest BCUT2D eigenvalue weighted by Gasteiger charge is 2.36. The minimum Gasteiger partial charge on any atom is -0.322 e. The molecule has 0 unspecified atom stereocenters.